The van der Waals surface area contributed by atoms with Crippen LogP contribution in [0.5, 0.6) is 0 Å². The van der Waals surface area contributed by atoms with Gasteiger partial charge in [-0.15, -0.1) is 0 Å². The lowest BCUT2D eigenvalue weighted by molar-refractivity contribution is 0.199. The molecule has 17 heavy (non-hydrogen) atoms. The Morgan fingerprint density at radius 1 is 1.41 bits per heavy atom. The van der Waals surface area contributed by atoms with E-state index in [2.05, 4.69) is 26.6 Å². The molecule has 0 saturated carbocycles. The molecule has 0 spiro atoms. The van der Waals surface area contributed by atoms with E-state index in [1.807, 2.05) is 19.1 Å². The van der Waals surface area contributed by atoms with E-state index >= 15 is 0 Å². The Morgan fingerprint density at radius 2 is 2.29 bits per heavy atom. The molecule has 1 atom stereocenters. The monoisotopic (exact) mass is 229 g/mol. The highest BCUT2D eigenvalue weighted by molar-refractivity contribution is 5.62. The van der Waals surface area contributed by atoms with Crippen molar-refractivity contribution >= 4 is 5.82 Å². The summed E-state index contributed by atoms with van der Waals surface area (Å²) in [5.41, 5.74) is 1.68. The zero-order valence-corrected chi connectivity index (χ0v) is 9.46. The molecule has 2 heterocycles. The molecule has 87 valence electrons. The standard InChI is InChI=1S/C12H13N4O/c1-2-12(17)16-11-7-9(3-6-14-11)10-4-5-13-8-15-10/h3-7,12,17H,2H2,1H3,(H,14,16). The lowest BCUT2D eigenvalue weighted by atomic mass is 10.2. The van der Waals surface area contributed by atoms with Crippen LogP contribution in [-0.2, 0) is 0 Å². The van der Waals surface area contributed by atoms with Crippen LogP contribution in [0, 0.1) is 6.33 Å². The maximum atomic E-state index is 9.49. The largest absolute Gasteiger partial charge is 0.374 e. The van der Waals surface area contributed by atoms with E-state index in [1.165, 1.54) is 0 Å². The van der Waals surface area contributed by atoms with Crippen LogP contribution in [0.2, 0.25) is 0 Å². The quantitative estimate of drug-likeness (QED) is 0.777. The maximum absolute atomic E-state index is 9.49. The molecule has 1 radical (unpaired) electrons. The Labute approximate surface area is 99.6 Å². The van der Waals surface area contributed by atoms with E-state index in [0.29, 0.717) is 12.2 Å². The highest BCUT2D eigenvalue weighted by atomic mass is 16.3. The third-order valence-electron chi connectivity index (χ3n) is 2.29. The van der Waals surface area contributed by atoms with Crippen LogP contribution in [0.1, 0.15) is 13.3 Å². The van der Waals surface area contributed by atoms with Crippen molar-refractivity contribution in [3.63, 3.8) is 0 Å². The van der Waals surface area contributed by atoms with Gasteiger partial charge in [0.15, 0.2) is 6.33 Å². The molecule has 0 bridgehead atoms. The van der Waals surface area contributed by atoms with Gasteiger partial charge < -0.3 is 10.4 Å². The first kappa shape index (κ1) is 11.5. The first-order valence-corrected chi connectivity index (χ1v) is 5.39. The van der Waals surface area contributed by atoms with Crippen molar-refractivity contribution in [1.29, 1.82) is 0 Å². The van der Waals surface area contributed by atoms with Crippen molar-refractivity contribution in [1.82, 2.24) is 15.0 Å². The molecule has 5 nitrogen and oxygen atoms in total. The normalized spacial score (nSPS) is 12.1. The smallest absolute Gasteiger partial charge is 0.198 e. The lowest BCUT2D eigenvalue weighted by Gasteiger charge is -2.11. The topological polar surface area (TPSA) is 70.9 Å². The molecule has 2 rings (SSSR count). The second kappa shape index (κ2) is 5.36. The fourth-order valence-corrected chi connectivity index (χ4v) is 1.36. The Balaban J connectivity index is 2.23. The highest BCUT2D eigenvalue weighted by Crippen LogP contribution is 2.18. The summed E-state index contributed by atoms with van der Waals surface area (Å²) in [6, 6.07) is 5.47. The van der Waals surface area contributed by atoms with Gasteiger partial charge in [-0.1, -0.05) is 6.92 Å². The minimum Gasteiger partial charge on any atom is -0.374 e. The van der Waals surface area contributed by atoms with Gasteiger partial charge in [-0.2, -0.15) is 0 Å². The number of hydrogen-bond donors (Lipinski definition) is 2. The zero-order valence-electron chi connectivity index (χ0n) is 9.46. The number of rotatable bonds is 4. The van der Waals surface area contributed by atoms with Crippen LogP contribution >= 0.6 is 0 Å². The molecule has 5 heteroatoms. The van der Waals surface area contributed by atoms with Gasteiger partial charge >= 0.3 is 0 Å². The van der Waals surface area contributed by atoms with E-state index in [0.717, 1.165) is 11.3 Å². The molecular formula is C12H13N4O. The van der Waals surface area contributed by atoms with Gasteiger partial charge in [0.2, 0.25) is 0 Å². The number of anilines is 1. The average Bonchev–Trinajstić information content (AvgIpc) is 2.40. The van der Waals surface area contributed by atoms with Gasteiger partial charge in [0.05, 0.1) is 5.69 Å². The molecule has 0 amide bonds. The van der Waals surface area contributed by atoms with Crippen LogP contribution in [0.4, 0.5) is 5.82 Å². The SMILES string of the molecule is CCC(O)Nc1cc(-c2ccn[c]n2)ccn1. The lowest BCUT2D eigenvalue weighted by Crippen LogP contribution is -2.17. The molecule has 2 aromatic heterocycles. The molecule has 0 aliphatic heterocycles. The van der Waals surface area contributed by atoms with Crippen molar-refractivity contribution in [2.24, 2.45) is 0 Å². The molecule has 0 saturated heterocycles. The maximum Gasteiger partial charge on any atom is 0.198 e. The molecule has 0 fully saturated rings. The summed E-state index contributed by atoms with van der Waals surface area (Å²) in [5.74, 6) is 0.621. The number of hydrogen-bond acceptors (Lipinski definition) is 5. The van der Waals surface area contributed by atoms with Crippen molar-refractivity contribution in [3.8, 4) is 11.3 Å². The van der Waals surface area contributed by atoms with Gasteiger partial charge in [0.25, 0.3) is 0 Å². The Kier molecular flexibility index (Phi) is 3.62. The second-order valence-corrected chi connectivity index (χ2v) is 3.54. The van der Waals surface area contributed by atoms with Gasteiger partial charge in [-0.05, 0) is 24.6 Å². The summed E-state index contributed by atoms with van der Waals surface area (Å²) in [4.78, 5) is 11.9. The minimum absolute atomic E-state index is 0.588. The predicted octanol–water partition coefficient (Wildman–Crippen LogP) is 1.48. The van der Waals surface area contributed by atoms with Crippen molar-refractivity contribution in [2.45, 2.75) is 19.6 Å². The molecule has 2 aromatic rings. The summed E-state index contributed by atoms with van der Waals surface area (Å²) in [7, 11) is 0. The van der Waals surface area contributed by atoms with Crippen LogP contribution in [0.3, 0.4) is 0 Å². The molecule has 0 aliphatic carbocycles. The molecule has 1 unspecified atom stereocenters. The second-order valence-electron chi connectivity index (χ2n) is 3.54. The van der Waals surface area contributed by atoms with E-state index in [9.17, 15) is 5.11 Å². The number of nitrogens with one attached hydrogen (secondary N) is 1. The fraction of sp³-hybridized carbons (Fsp3) is 0.250. The Bertz CT molecular complexity index is 475. The van der Waals surface area contributed by atoms with E-state index in [1.54, 1.807) is 18.5 Å². The van der Waals surface area contributed by atoms with Crippen LogP contribution in [0.15, 0.2) is 30.6 Å². The van der Waals surface area contributed by atoms with Gasteiger partial charge in [0.1, 0.15) is 12.0 Å². The van der Waals surface area contributed by atoms with Crippen LogP contribution in [0.25, 0.3) is 11.3 Å². The number of aliphatic hydroxyl groups is 1. The van der Waals surface area contributed by atoms with Crippen molar-refractivity contribution in [2.75, 3.05) is 5.32 Å². The van der Waals surface area contributed by atoms with Crippen LogP contribution < -0.4 is 5.32 Å². The molecule has 0 aromatic carbocycles. The minimum atomic E-state index is -0.588. The van der Waals surface area contributed by atoms with E-state index in [4.69, 9.17) is 0 Å². The predicted molar refractivity (Wildman–Crippen MR) is 64.0 cm³/mol. The third kappa shape index (κ3) is 2.98. The Morgan fingerprint density at radius 3 is 3.00 bits per heavy atom. The average molecular weight is 229 g/mol. The number of aromatic nitrogens is 3. The Hall–Kier alpha value is -2.01. The highest BCUT2D eigenvalue weighted by Gasteiger charge is 2.04. The summed E-state index contributed by atoms with van der Waals surface area (Å²) in [6.07, 6.45) is 5.88. The van der Waals surface area contributed by atoms with Crippen LogP contribution in [-0.4, -0.2) is 26.3 Å². The zero-order chi connectivity index (χ0) is 12.1. The van der Waals surface area contributed by atoms with Crippen molar-refractivity contribution in [3.05, 3.63) is 36.9 Å². The summed E-state index contributed by atoms with van der Waals surface area (Å²) < 4.78 is 0. The van der Waals surface area contributed by atoms with Gasteiger partial charge in [-0.25, -0.2) is 15.0 Å². The first-order valence-electron chi connectivity index (χ1n) is 5.39. The van der Waals surface area contributed by atoms with E-state index < -0.39 is 6.23 Å². The third-order valence-corrected chi connectivity index (χ3v) is 2.29. The summed E-state index contributed by atoms with van der Waals surface area (Å²) >= 11 is 0. The number of pyridine rings is 1. The van der Waals surface area contributed by atoms with Crippen molar-refractivity contribution < 1.29 is 5.11 Å². The van der Waals surface area contributed by atoms with Gasteiger partial charge in [-0.3, -0.25) is 0 Å². The fourth-order valence-electron chi connectivity index (χ4n) is 1.36. The first-order chi connectivity index (χ1) is 8.29. The molecule has 0 aliphatic rings. The van der Waals surface area contributed by atoms with E-state index in [-0.39, 0.29) is 0 Å². The number of aliphatic hydroxyl groups excluding tert-OH is 1. The molecular weight excluding hydrogens is 216 g/mol. The molecule has 2 N–H and O–H groups in total. The summed E-state index contributed by atoms with van der Waals surface area (Å²) in [6.45, 7) is 1.89. The summed E-state index contributed by atoms with van der Waals surface area (Å²) in [5, 5.41) is 12.4. The van der Waals surface area contributed by atoms with Gasteiger partial charge in [0, 0.05) is 18.0 Å². The number of nitrogens with zero attached hydrogens (tertiary/aromatic N) is 3.